The molecule has 2 heterocycles. The predicted octanol–water partition coefficient (Wildman–Crippen LogP) is -0.0628. The maximum atomic E-state index is 11.9. The second-order valence-electron chi connectivity index (χ2n) is 5.65. The standard InChI is InChI=1S/C14H24N4O2.ClH/c1-15-9-11-4-6-18(7-5-11)10-12-8-13(19)17(3)14(20)16(12)2;/h8,11,15H,4-7,9-10H2,1-3H3;1H. The van der Waals surface area contributed by atoms with Crippen LogP contribution in [0.1, 0.15) is 18.5 Å². The number of rotatable bonds is 4. The Labute approximate surface area is 131 Å². The minimum Gasteiger partial charge on any atom is -0.319 e. The van der Waals surface area contributed by atoms with E-state index in [1.54, 1.807) is 17.7 Å². The number of nitrogens with zero attached hydrogens (tertiary/aromatic N) is 3. The lowest BCUT2D eigenvalue weighted by atomic mass is 9.97. The van der Waals surface area contributed by atoms with E-state index in [0.717, 1.165) is 35.8 Å². The Morgan fingerprint density at radius 3 is 2.38 bits per heavy atom. The highest BCUT2D eigenvalue weighted by atomic mass is 35.5. The van der Waals surface area contributed by atoms with E-state index in [4.69, 9.17) is 0 Å². The van der Waals surface area contributed by atoms with Crippen molar-refractivity contribution < 1.29 is 0 Å². The zero-order valence-corrected chi connectivity index (χ0v) is 13.8. The van der Waals surface area contributed by atoms with E-state index in [-0.39, 0.29) is 23.7 Å². The van der Waals surface area contributed by atoms with Gasteiger partial charge in [-0.25, -0.2) is 4.79 Å². The molecular weight excluding hydrogens is 292 g/mol. The van der Waals surface area contributed by atoms with Crippen molar-refractivity contribution in [3.8, 4) is 0 Å². The van der Waals surface area contributed by atoms with Crippen LogP contribution >= 0.6 is 12.4 Å². The average Bonchev–Trinajstić information content (AvgIpc) is 2.45. The van der Waals surface area contributed by atoms with Gasteiger partial charge in [0, 0.05) is 32.4 Å². The molecule has 21 heavy (non-hydrogen) atoms. The maximum absolute atomic E-state index is 11.9. The van der Waals surface area contributed by atoms with Gasteiger partial charge in [0.1, 0.15) is 0 Å². The molecule has 1 aliphatic rings. The van der Waals surface area contributed by atoms with E-state index in [9.17, 15) is 9.59 Å². The van der Waals surface area contributed by atoms with E-state index in [2.05, 4.69) is 10.2 Å². The van der Waals surface area contributed by atoms with Crippen LogP contribution < -0.4 is 16.6 Å². The summed E-state index contributed by atoms with van der Waals surface area (Å²) in [6.45, 7) is 3.79. The highest BCUT2D eigenvalue weighted by Gasteiger charge is 2.19. The van der Waals surface area contributed by atoms with Crippen molar-refractivity contribution >= 4 is 12.4 Å². The van der Waals surface area contributed by atoms with Crippen molar-refractivity contribution in [3.05, 3.63) is 32.6 Å². The number of halogens is 1. The SMILES string of the molecule is CNCC1CCN(Cc2cc(=O)n(C)c(=O)n2C)CC1.Cl. The van der Waals surface area contributed by atoms with Crippen LogP contribution in [0.25, 0.3) is 0 Å². The Morgan fingerprint density at radius 1 is 1.19 bits per heavy atom. The predicted molar refractivity (Wildman–Crippen MR) is 86.1 cm³/mol. The third-order valence-corrected chi connectivity index (χ3v) is 4.21. The Balaban J connectivity index is 0.00000220. The number of hydrogen-bond acceptors (Lipinski definition) is 4. The molecule has 0 aromatic carbocycles. The molecule has 1 aliphatic heterocycles. The normalized spacial score (nSPS) is 16.7. The first-order valence-electron chi connectivity index (χ1n) is 7.15. The van der Waals surface area contributed by atoms with Crippen LogP contribution in [0.15, 0.2) is 15.7 Å². The summed E-state index contributed by atoms with van der Waals surface area (Å²) >= 11 is 0. The second-order valence-corrected chi connectivity index (χ2v) is 5.65. The molecule has 0 saturated carbocycles. The van der Waals surface area contributed by atoms with Crippen molar-refractivity contribution in [2.45, 2.75) is 19.4 Å². The third-order valence-electron chi connectivity index (χ3n) is 4.21. The molecule has 1 fully saturated rings. The fourth-order valence-electron chi connectivity index (χ4n) is 2.80. The highest BCUT2D eigenvalue weighted by molar-refractivity contribution is 5.85. The fourth-order valence-corrected chi connectivity index (χ4v) is 2.80. The van der Waals surface area contributed by atoms with E-state index >= 15 is 0 Å². The Morgan fingerprint density at radius 2 is 1.81 bits per heavy atom. The topological polar surface area (TPSA) is 59.3 Å². The van der Waals surface area contributed by atoms with Crippen LogP contribution in [-0.2, 0) is 20.6 Å². The quantitative estimate of drug-likeness (QED) is 0.845. The van der Waals surface area contributed by atoms with E-state index in [1.807, 2.05) is 7.05 Å². The zero-order chi connectivity index (χ0) is 14.7. The van der Waals surface area contributed by atoms with Gasteiger partial charge in [-0.15, -0.1) is 12.4 Å². The van der Waals surface area contributed by atoms with Gasteiger partial charge in [-0.1, -0.05) is 0 Å². The van der Waals surface area contributed by atoms with Gasteiger partial charge >= 0.3 is 5.69 Å². The first-order chi connectivity index (χ1) is 9.52. The lowest BCUT2D eigenvalue weighted by Gasteiger charge is -2.32. The van der Waals surface area contributed by atoms with Gasteiger partial charge in [-0.2, -0.15) is 0 Å². The van der Waals surface area contributed by atoms with Crippen LogP contribution in [0.2, 0.25) is 0 Å². The summed E-state index contributed by atoms with van der Waals surface area (Å²) in [6.07, 6.45) is 2.33. The van der Waals surface area contributed by atoms with Crippen LogP contribution in [0.3, 0.4) is 0 Å². The number of likely N-dealkylation sites (tertiary alicyclic amines) is 1. The van der Waals surface area contributed by atoms with Crippen LogP contribution in [0.4, 0.5) is 0 Å². The fraction of sp³-hybridized carbons (Fsp3) is 0.714. The molecule has 6 nitrogen and oxygen atoms in total. The molecular formula is C14H25ClN4O2. The Bertz CT molecular complexity index is 573. The van der Waals surface area contributed by atoms with Crippen molar-refractivity contribution in [1.29, 1.82) is 0 Å². The second kappa shape index (κ2) is 7.77. The summed E-state index contributed by atoms with van der Waals surface area (Å²) in [7, 11) is 5.23. The number of piperidine rings is 1. The monoisotopic (exact) mass is 316 g/mol. The minimum atomic E-state index is -0.252. The Kier molecular flexibility index (Phi) is 6.64. The minimum absolute atomic E-state index is 0. The molecule has 0 spiro atoms. The van der Waals surface area contributed by atoms with Crippen molar-refractivity contribution in [3.63, 3.8) is 0 Å². The van der Waals surface area contributed by atoms with Gasteiger partial charge in [0.15, 0.2) is 0 Å². The summed E-state index contributed by atoms with van der Waals surface area (Å²) in [5.74, 6) is 0.740. The molecule has 7 heteroatoms. The molecule has 0 aliphatic carbocycles. The lowest BCUT2D eigenvalue weighted by Crippen LogP contribution is -2.41. The van der Waals surface area contributed by atoms with Gasteiger partial charge < -0.3 is 5.32 Å². The summed E-state index contributed by atoms with van der Waals surface area (Å²) in [5.41, 5.74) is 0.316. The molecule has 0 amide bonds. The lowest BCUT2D eigenvalue weighted by molar-refractivity contribution is 0.173. The molecule has 0 radical (unpaired) electrons. The molecule has 1 aromatic heterocycles. The van der Waals surface area contributed by atoms with Crippen LogP contribution in [0, 0.1) is 5.92 Å². The first kappa shape index (κ1) is 17.9. The van der Waals surface area contributed by atoms with E-state index in [1.165, 1.54) is 19.9 Å². The summed E-state index contributed by atoms with van der Waals surface area (Å²) in [4.78, 5) is 25.9. The van der Waals surface area contributed by atoms with Crippen LogP contribution in [0.5, 0.6) is 0 Å². The van der Waals surface area contributed by atoms with E-state index in [0.29, 0.717) is 6.54 Å². The average molecular weight is 317 g/mol. The highest BCUT2D eigenvalue weighted by Crippen LogP contribution is 2.17. The zero-order valence-electron chi connectivity index (χ0n) is 13.0. The molecule has 0 unspecified atom stereocenters. The van der Waals surface area contributed by atoms with Gasteiger partial charge in [0.05, 0.1) is 0 Å². The summed E-state index contributed by atoms with van der Waals surface area (Å²) < 4.78 is 2.71. The third kappa shape index (κ3) is 4.18. The smallest absolute Gasteiger partial charge is 0.319 e. The molecule has 0 atom stereocenters. The van der Waals surface area contributed by atoms with Crippen molar-refractivity contribution in [1.82, 2.24) is 19.4 Å². The molecule has 2 rings (SSSR count). The number of nitrogens with one attached hydrogen (secondary N) is 1. The van der Waals surface area contributed by atoms with Gasteiger partial charge in [0.2, 0.25) is 0 Å². The molecule has 120 valence electrons. The summed E-state index contributed by atoms with van der Waals surface area (Å²) in [5, 5.41) is 3.22. The van der Waals surface area contributed by atoms with Gasteiger partial charge in [0.25, 0.3) is 5.56 Å². The van der Waals surface area contributed by atoms with E-state index < -0.39 is 0 Å². The maximum Gasteiger partial charge on any atom is 0.330 e. The van der Waals surface area contributed by atoms with Crippen LogP contribution in [-0.4, -0.2) is 40.7 Å². The number of hydrogen-bond donors (Lipinski definition) is 1. The molecule has 1 aromatic rings. The Hall–Kier alpha value is -1.11. The van der Waals surface area contributed by atoms with Gasteiger partial charge in [-0.05, 0) is 45.4 Å². The summed E-state index contributed by atoms with van der Waals surface area (Å²) in [6, 6.07) is 1.57. The largest absolute Gasteiger partial charge is 0.330 e. The number of aromatic nitrogens is 2. The molecule has 0 bridgehead atoms. The van der Waals surface area contributed by atoms with Crippen molar-refractivity contribution in [2.24, 2.45) is 20.0 Å². The first-order valence-corrected chi connectivity index (χ1v) is 7.15. The van der Waals surface area contributed by atoms with Gasteiger partial charge in [-0.3, -0.25) is 18.8 Å². The van der Waals surface area contributed by atoms with Crippen molar-refractivity contribution in [2.75, 3.05) is 26.7 Å². The molecule has 1 N–H and O–H groups in total. The molecule has 1 saturated heterocycles.